The van der Waals surface area contributed by atoms with E-state index in [1.807, 2.05) is 6.07 Å². The first-order valence-electron chi connectivity index (χ1n) is 10.1. The maximum atomic E-state index is 13.7. The van der Waals surface area contributed by atoms with Gasteiger partial charge in [-0.15, -0.1) is 0 Å². The van der Waals surface area contributed by atoms with Gasteiger partial charge < -0.3 is 19.4 Å². The van der Waals surface area contributed by atoms with Crippen LogP contribution in [0.4, 0.5) is 20.6 Å². The minimum absolute atomic E-state index is 0. The number of halogens is 1. The Morgan fingerprint density at radius 3 is 2.16 bits per heavy atom. The molecule has 0 saturated heterocycles. The summed E-state index contributed by atoms with van der Waals surface area (Å²) in [5, 5.41) is 10.4. The summed E-state index contributed by atoms with van der Waals surface area (Å²) in [5.74, 6) is -1.10. The molecule has 1 amide bonds. The summed E-state index contributed by atoms with van der Waals surface area (Å²) in [7, 11) is 0. The molecule has 2 aromatic carbocycles. The Morgan fingerprint density at radius 2 is 1.55 bits per heavy atom. The van der Waals surface area contributed by atoms with Crippen molar-refractivity contribution in [1.82, 2.24) is 0 Å². The molecule has 0 aromatic heterocycles. The molecule has 6 nitrogen and oxygen atoms in total. The molecule has 0 N–H and O–H groups in total. The topological polar surface area (TPSA) is 78.9 Å². The first kappa shape index (κ1) is 26.0. The molecule has 0 heterocycles. The van der Waals surface area contributed by atoms with Crippen molar-refractivity contribution in [1.29, 1.82) is 0 Å². The van der Waals surface area contributed by atoms with Crippen LogP contribution < -0.4 is 61.4 Å². The average molecular weight is 454 g/mol. The van der Waals surface area contributed by atoms with Crippen LogP contribution in [-0.4, -0.2) is 31.9 Å². The number of amides is 1. The maximum absolute atomic E-state index is 13.7. The number of aliphatic carboxylic acids is 1. The van der Waals surface area contributed by atoms with Crippen molar-refractivity contribution in [2.45, 2.75) is 25.7 Å². The molecule has 1 saturated carbocycles. The second-order valence-electron chi connectivity index (χ2n) is 7.50. The zero-order chi connectivity index (χ0) is 21.3. The monoisotopic (exact) mass is 453 g/mol. The Kier molecular flexibility index (Phi) is 11.1. The zero-order valence-electron chi connectivity index (χ0n) is 17.7. The van der Waals surface area contributed by atoms with Gasteiger partial charge in [-0.25, -0.2) is 14.1 Å². The molecule has 0 unspecified atom stereocenters. The Hall–Kier alpha value is -1.29. The molecule has 8 heteroatoms. The third-order valence-electron chi connectivity index (χ3n) is 5.25. The van der Waals surface area contributed by atoms with Gasteiger partial charge in [-0.1, -0.05) is 24.3 Å². The predicted molar refractivity (Wildman–Crippen MR) is 108 cm³/mol. The minimum atomic E-state index is -1.21. The standard InChI is InChI=1S/C23H26FNO5.K/c24-19-5-4-8-21(13-19)25(20-6-2-1-3-7-20)23(28)30-15-18-11-9-17(10-12-18)14-29-16-22(26)27;/h1-8,13,17-18H,9-12,14-16H2,(H,26,27);/q;+1/p-1. The van der Waals surface area contributed by atoms with Crippen LogP contribution in [0.3, 0.4) is 0 Å². The Balaban J connectivity index is 0.00000341. The van der Waals surface area contributed by atoms with Gasteiger partial charge in [0.25, 0.3) is 0 Å². The summed E-state index contributed by atoms with van der Waals surface area (Å²) < 4.78 is 24.4. The van der Waals surface area contributed by atoms with Crippen LogP contribution in [0.25, 0.3) is 0 Å². The van der Waals surface area contributed by atoms with E-state index >= 15 is 0 Å². The molecule has 2 aromatic rings. The summed E-state index contributed by atoms with van der Waals surface area (Å²) in [6.07, 6.45) is 2.98. The fraction of sp³-hybridized carbons (Fsp3) is 0.391. The van der Waals surface area contributed by atoms with Crippen molar-refractivity contribution in [2.75, 3.05) is 24.7 Å². The van der Waals surface area contributed by atoms with Crippen LogP contribution in [0.5, 0.6) is 0 Å². The predicted octanol–water partition coefficient (Wildman–Crippen LogP) is 0.677. The molecular formula is C23H25FKNO5. The number of para-hydroxylation sites is 1. The third-order valence-corrected chi connectivity index (χ3v) is 5.25. The van der Waals surface area contributed by atoms with Gasteiger partial charge in [-0.05, 0) is 67.9 Å². The van der Waals surface area contributed by atoms with Crippen molar-refractivity contribution in [3.05, 3.63) is 60.4 Å². The van der Waals surface area contributed by atoms with Crippen LogP contribution in [-0.2, 0) is 14.3 Å². The van der Waals surface area contributed by atoms with Crippen molar-refractivity contribution in [2.24, 2.45) is 11.8 Å². The van der Waals surface area contributed by atoms with Crippen LogP contribution >= 0.6 is 0 Å². The number of hydrogen-bond donors (Lipinski definition) is 0. The van der Waals surface area contributed by atoms with E-state index in [1.54, 1.807) is 36.4 Å². The van der Waals surface area contributed by atoms with Crippen LogP contribution in [0.1, 0.15) is 25.7 Å². The largest absolute Gasteiger partial charge is 1.00 e. The van der Waals surface area contributed by atoms with Gasteiger partial charge in [-0.2, -0.15) is 0 Å². The van der Waals surface area contributed by atoms with Crippen molar-refractivity contribution in [3.8, 4) is 0 Å². The van der Waals surface area contributed by atoms with E-state index in [2.05, 4.69) is 0 Å². The van der Waals surface area contributed by atoms with Gasteiger partial charge in [0.2, 0.25) is 0 Å². The number of carbonyl (C=O) groups excluding carboxylic acids is 2. The zero-order valence-corrected chi connectivity index (χ0v) is 20.8. The third kappa shape index (κ3) is 8.29. The molecule has 3 rings (SSSR count). The molecule has 160 valence electrons. The van der Waals surface area contributed by atoms with E-state index in [0.29, 0.717) is 23.9 Å². The number of benzene rings is 2. The second kappa shape index (κ2) is 13.3. The molecule has 0 atom stereocenters. The number of carbonyl (C=O) groups is 2. The smallest absolute Gasteiger partial charge is 0.548 e. The summed E-state index contributed by atoms with van der Waals surface area (Å²) in [4.78, 5) is 24.6. The number of carboxylic acids is 1. The second-order valence-corrected chi connectivity index (χ2v) is 7.50. The molecule has 0 radical (unpaired) electrons. The minimum Gasteiger partial charge on any atom is -0.548 e. The summed E-state index contributed by atoms with van der Waals surface area (Å²) >= 11 is 0. The Bertz CT molecular complexity index is 843. The number of hydrogen-bond acceptors (Lipinski definition) is 5. The van der Waals surface area contributed by atoms with Crippen molar-refractivity contribution >= 4 is 23.4 Å². The summed E-state index contributed by atoms with van der Waals surface area (Å²) in [6.45, 7) is 0.304. The van der Waals surface area contributed by atoms with Crippen LogP contribution in [0.15, 0.2) is 54.6 Å². The quantitative estimate of drug-likeness (QED) is 0.550. The van der Waals surface area contributed by atoms with Gasteiger partial charge in [0, 0.05) is 6.61 Å². The summed E-state index contributed by atoms with van der Waals surface area (Å²) in [5.41, 5.74) is 1.00. The van der Waals surface area contributed by atoms with Gasteiger partial charge in [0.15, 0.2) is 0 Å². The summed E-state index contributed by atoms with van der Waals surface area (Å²) in [6, 6.07) is 14.8. The maximum Gasteiger partial charge on any atom is 1.00 e. The van der Waals surface area contributed by atoms with E-state index in [1.165, 1.54) is 17.0 Å². The van der Waals surface area contributed by atoms with E-state index in [-0.39, 0.29) is 70.5 Å². The Morgan fingerprint density at radius 1 is 0.935 bits per heavy atom. The first-order valence-corrected chi connectivity index (χ1v) is 10.1. The normalized spacial score (nSPS) is 18.0. The molecule has 31 heavy (non-hydrogen) atoms. The molecule has 1 fully saturated rings. The molecule has 1 aliphatic rings. The average Bonchev–Trinajstić information content (AvgIpc) is 2.74. The number of carboxylic acid groups (broad SMARTS) is 1. The Labute approximate surface area is 224 Å². The first-order chi connectivity index (χ1) is 14.5. The van der Waals surface area contributed by atoms with Crippen molar-refractivity contribution < 1.29 is 79.9 Å². The van der Waals surface area contributed by atoms with E-state index < -0.39 is 17.9 Å². The molecule has 0 bridgehead atoms. The van der Waals surface area contributed by atoms with Crippen LogP contribution in [0, 0.1) is 17.7 Å². The van der Waals surface area contributed by atoms with Gasteiger partial charge >= 0.3 is 57.5 Å². The molecular weight excluding hydrogens is 428 g/mol. The van der Waals surface area contributed by atoms with Crippen molar-refractivity contribution in [3.63, 3.8) is 0 Å². The number of ether oxygens (including phenoxy) is 2. The SMILES string of the molecule is O=C([O-])COCC1CCC(COC(=O)N(c2ccccc2)c2cccc(F)c2)CC1.[K+]. The van der Waals surface area contributed by atoms with E-state index in [0.717, 1.165) is 25.7 Å². The number of nitrogens with zero attached hydrogens (tertiary/aromatic N) is 1. The van der Waals surface area contributed by atoms with Gasteiger partial charge in [-0.3, -0.25) is 0 Å². The molecule has 0 spiro atoms. The molecule has 0 aliphatic heterocycles. The number of rotatable bonds is 8. The van der Waals surface area contributed by atoms with Gasteiger partial charge in [0.05, 0.1) is 30.6 Å². The molecule has 1 aliphatic carbocycles. The fourth-order valence-electron chi connectivity index (χ4n) is 3.68. The van der Waals surface area contributed by atoms with E-state index in [4.69, 9.17) is 9.47 Å². The van der Waals surface area contributed by atoms with Gasteiger partial charge in [0.1, 0.15) is 5.82 Å². The van der Waals surface area contributed by atoms with Crippen LogP contribution in [0.2, 0.25) is 0 Å². The fourth-order valence-corrected chi connectivity index (χ4v) is 3.68. The number of anilines is 2. The van der Waals surface area contributed by atoms with E-state index in [9.17, 15) is 19.1 Å².